The summed E-state index contributed by atoms with van der Waals surface area (Å²) in [6.45, 7) is 4.30. The maximum Gasteiger partial charge on any atom is 0.120 e. The van der Waals surface area contributed by atoms with E-state index in [0.29, 0.717) is 5.41 Å². The van der Waals surface area contributed by atoms with Crippen molar-refractivity contribution in [1.29, 1.82) is 0 Å². The van der Waals surface area contributed by atoms with Crippen molar-refractivity contribution in [1.82, 2.24) is 15.3 Å². The zero-order valence-electron chi connectivity index (χ0n) is 8.84. The fourth-order valence-corrected chi connectivity index (χ4v) is 2.06. The first-order valence-electron chi connectivity index (χ1n) is 5.54. The molecule has 78 valence electrons. The van der Waals surface area contributed by atoms with Crippen molar-refractivity contribution in [3.63, 3.8) is 0 Å². The third-order valence-electron chi connectivity index (χ3n) is 3.08. The lowest BCUT2D eigenvalue weighted by atomic mass is 10.0. The summed E-state index contributed by atoms with van der Waals surface area (Å²) in [7, 11) is 0. The second-order valence-electron chi connectivity index (χ2n) is 4.39. The summed E-state index contributed by atoms with van der Waals surface area (Å²) in [5.74, 6) is 1.04. The van der Waals surface area contributed by atoms with Crippen LogP contribution in [0.2, 0.25) is 0 Å². The molecular weight excluding hydrogens is 174 g/mol. The van der Waals surface area contributed by atoms with Crippen LogP contribution in [0.4, 0.5) is 0 Å². The number of hydrogen-bond donors (Lipinski definition) is 2. The molecule has 1 aromatic rings. The fraction of sp³-hybridized carbons (Fsp3) is 0.727. The molecule has 1 aliphatic carbocycles. The molecule has 2 rings (SSSR count). The van der Waals surface area contributed by atoms with Gasteiger partial charge in [0.15, 0.2) is 0 Å². The van der Waals surface area contributed by atoms with E-state index in [1.807, 2.05) is 6.20 Å². The van der Waals surface area contributed by atoms with Gasteiger partial charge in [0.2, 0.25) is 0 Å². The number of imidazole rings is 1. The molecule has 0 atom stereocenters. The molecule has 1 heterocycles. The van der Waals surface area contributed by atoms with Crippen LogP contribution in [0.15, 0.2) is 12.4 Å². The summed E-state index contributed by atoms with van der Waals surface area (Å²) in [5.41, 5.74) is 0.640. The molecule has 1 aromatic heterocycles. The van der Waals surface area contributed by atoms with Gasteiger partial charge in [-0.05, 0) is 24.7 Å². The van der Waals surface area contributed by atoms with Crippen LogP contribution >= 0.6 is 0 Å². The molecule has 14 heavy (non-hydrogen) atoms. The SMILES string of the molecule is CCCC1(CNCc2ncc[nH]2)CC1. The van der Waals surface area contributed by atoms with Gasteiger partial charge in [-0.15, -0.1) is 0 Å². The summed E-state index contributed by atoms with van der Waals surface area (Å²) in [6, 6.07) is 0. The van der Waals surface area contributed by atoms with Gasteiger partial charge < -0.3 is 10.3 Å². The van der Waals surface area contributed by atoms with Gasteiger partial charge in [0.05, 0.1) is 6.54 Å². The first-order valence-corrected chi connectivity index (χ1v) is 5.54. The predicted molar refractivity (Wildman–Crippen MR) is 56.9 cm³/mol. The maximum atomic E-state index is 4.18. The Kier molecular flexibility index (Phi) is 2.87. The van der Waals surface area contributed by atoms with Crippen molar-refractivity contribution in [2.45, 2.75) is 39.2 Å². The zero-order chi connectivity index (χ0) is 9.86. The van der Waals surface area contributed by atoms with E-state index >= 15 is 0 Å². The number of aromatic amines is 1. The fourth-order valence-electron chi connectivity index (χ4n) is 2.06. The third kappa shape index (κ3) is 2.35. The maximum absolute atomic E-state index is 4.18. The Morgan fingerprint density at radius 3 is 3.00 bits per heavy atom. The number of H-pyrrole nitrogens is 1. The van der Waals surface area contributed by atoms with E-state index in [9.17, 15) is 0 Å². The van der Waals surface area contributed by atoms with E-state index in [2.05, 4.69) is 22.2 Å². The van der Waals surface area contributed by atoms with Gasteiger partial charge in [0, 0.05) is 18.9 Å². The minimum Gasteiger partial charge on any atom is -0.348 e. The molecule has 2 N–H and O–H groups in total. The Morgan fingerprint density at radius 2 is 2.43 bits per heavy atom. The van der Waals surface area contributed by atoms with Gasteiger partial charge >= 0.3 is 0 Å². The second-order valence-corrected chi connectivity index (χ2v) is 4.39. The molecule has 1 aliphatic rings. The smallest absolute Gasteiger partial charge is 0.120 e. The topological polar surface area (TPSA) is 40.7 Å². The average molecular weight is 193 g/mol. The van der Waals surface area contributed by atoms with Gasteiger partial charge in [-0.3, -0.25) is 0 Å². The van der Waals surface area contributed by atoms with Gasteiger partial charge in [-0.2, -0.15) is 0 Å². The lowest BCUT2D eigenvalue weighted by Gasteiger charge is -2.13. The number of rotatable bonds is 6. The number of hydrogen-bond acceptors (Lipinski definition) is 2. The third-order valence-corrected chi connectivity index (χ3v) is 3.08. The molecule has 0 unspecified atom stereocenters. The van der Waals surface area contributed by atoms with Crippen LogP contribution in [0, 0.1) is 5.41 Å². The molecule has 0 aromatic carbocycles. The largest absolute Gasteiger partial charge is 0.348 e. The molecule has 1 saturated carbocycles. The van der Waals surface area contributed by atoms with Crippen molar-refractivity contribution in [3.8, 4) is 0 Å². The van der Waals surface area contributed by atoms with Crippen LogP contribution in [-0.2, 0) is 6.54 Å². The highest BCUT2D eigenvalue weighted by Crippen LogP contribution is 2.48. The van der Waals surface area contributed by atoms with E-state index in [1.54, 1.807) is 6.20 Å². The first kappa shape index (κ1) is 9.71. The normalized spacial score (nSPS) is 18.4. The number of nitrogens with zero attached hydrogens (tertiary/aromatic N) is 1. The molecule has 0 saturated heterocycles. The molecule has 0 bridgehead atoms. The monoisotopic (exact) mass is 193 g/mol. The summed E-state index contributed by atoms with van der Waals surface area (Å²) in [6.07, 6.45) is 9.17. The highest BCUT2D eigenvalue weighted by molar-refractivity contribution is 4.95. The van der Waals surface area contributed by atoms with Gasteiger partial charge in [-0.25, -0.2) is 4.98 Å². The lowest BCUT2D eigenvalue weighted by Crippen LogP contribution is -2.24. The summed E-state index contributed by atoms with van der Waals surface area (Å²) in [5, 5.41) is 3.48. The summed E-state index contributed by atoms with van der Waals surface area (Å²) in [4.78, 5) is 7.29. The highest BCUT2D eigenvalue weighted by Gasteiger charge is 2.40. The molecule has 0 amide bonds. The van der Waals surface area contributed by atoms with Gasteiger partial charge in [-0.1, -0.05) is 13.3 Å². The van der Waals surface area contributed by atoms with Crippen molar-refractivity contribution in [2.24, 2.45) is 5.41 Å². The molecule has 0 spiro atoms. The van der Waals surface area contributed by atoms with Gasteiger partial charge in [0.1, 0.15) is 5.82 Å². The van der Waals surface area contributed by atoms with E-state index < -0.39 is 0 Å². The van der Waals surface area contributed by atoms with Gasteiger partial charge in [0.25, 0.3) is 0 Å². The number of aromatic nitrogens is 2. The predicted octanol–water partition coefficient (Wildman–Crippen LogP) is 2.08. The van der Waals surface area contributed by atoms with Crippen LogP contribution in [0.3, 0.4) is 0 Å². The van der Waals surface area contributed by atoms with Crippen LogP contribution < -0.4 is 5.32 Å². The Bertz CT molecular complexity index is 262. The van der Waals surface area contributed by atoms with Crippen LogP contribution in [-0.4, -0.2) is 16.5 Å². The Morgan fingerprint density at radius 1 is 1.57 bits per heavy atom. The Hall–Kier alpha value is -0.830. The molecule has 3 heteroatoms. The van der Waals surface area contributed by atoms with Crippen LogP contribution in [0.1, 0.15) is 38.4 Å². The van der Waals surface area contributed by atoms with Crippen molar-refractivity contribution in [2.75, 3.05) is 6.54 Å². The Labute approximate surface area is 85.3 Å². The Balaban J connectivity index is 1.68. The van der Waals surface area contributed by atoms with Crippen molar-refractivity contribution in [3.05, 3.63) is 18.2 Å². The van der Waals surface area contributed by atoms with E-state index in [0.717, 1.165) is 18.9 Å². The summed E-state index contributed by atoms with van der Waals surface area (Å²) < 4.78 is 0. The quantitative estimate of drug-likeness (QED) is 0.726. The second kappa shape index (κ2) is 4.13. The highest BCUT2D eigenvalue weighted by atomic mass is 15.0. The molecule has 0 radical (unpaired) electrons. The first-order chi connectivity index (χ1) is 6.85. The molecule has 1 fully saturated rings. The summed E-state index contributed by atoms with van der Waals surface area (Å²) >= 11 is 0. The standard InChI is InChI=1S/C11H19N3/c1-2-3-11(4-5-11)9-12-8-10-13-6-7-14-10/h6-7,12H,2-5,8-9H2,1H3,(H,13,14). The zero-order valence-corrected chi connectivity index (χ0v) is 8.84. The lowest BCUT2D eigenvalue weighted by molar-refractivity contribution is 0.418. The van der Waals surface area contributed by atoms with E-state index in [4.69, 9.17) is 0 Å². The van der Waals surface area contributed by atoms with E-state index in [1.165, 1.54) is 25.7 Å². The molecular formula is C11H19N3. The minimum absolute atomic E-state index is 0.640. The van der Waals surface area contributed by atoms with Crippen molar-refractivity contribution >= 4 is 0 Å². The number of nitrogens with one attached hydrogen (secondary N) is 2. The van der Waals surface area contributed by atoms with E-state index in [-0.39, 0.29) is 0 Å². The molecule has 0 aliphatic heterocycles. The van der Waals surface area contributed by atoms with Crippen molar-refractivity contribution < 1.29 is 0 Å². The minimum atomic E-state index is 0.640. The average Bonchev–Trinajstić information content (AvgIpc) is 2.75. The van der Waals surface area contributed by atoms with Crippen LogP contribution in [0.25, 0.3) is 0 Å². The van der Waals surface area contributed by atoms with Crippen LogP contribution in [0.5, 0.6) is 0 Å². The molecule has 3 nitrogen and oxygen atoms in total.